The van der Waals surface area contributed by atoms with Crippen LogP contribution in [0, 0.1) is 0 Å². The minimum absolute atomic E-state index is 0.555. The van der Waals surface area contributed by atoms with Crippen LogP contribution in [0.1, 0.15) is 40.5 Å². The van der Waals surface area contributed by atoms with Crippen LogP contribution in [-0.2, 0) is 4.57 Å². The molecule has 0 bridgehead atoms. The Bertz CT molecular complexity index is 297. The highest BCUT2D eigenvalue weighted by Gasteiger charge is 2.58. The first kappa shape index (κ1) is 13.5. The second kappa shape index (κ2) is 5.00. The second-order valence-electron chi connectivity index (χ2n) is 5.02. The van der Waals surface area contributed by atoms with Crippen LogP contribution < -0.4 is 0 Å². The summed E-state index contributed by atoms with van der Waals surface area (Å²) in [5.74, 6) is 0. The Hall–Kier alpha value is 0.110. The number of nitrogens with zero attached hydrogens (tertiary/aromatic N) is 3. The normalized spacial score (nSPS) is 39.1. The summed E-state index contributed by atoms with van der Waals surface area (Å²) in [6.45, 7) is 12.4. The lowest BCUT2D eigenvalue weighted by atomic mass is 10.4. The molecule has 0 spiro atoms. The third-order valence-electron chi connectivity index (χ3n) is 4.08. The van der Waals surface area contributed by atoms with Gasteiger partial charge in [0, 0.05) is 38.3 Å². The zero-order chi connectivity index (χ0) is 12.6. The van der Waals surface area contributed by atoms with Crippen molar-refractivity contribution in [2.75, 3.05) is 26.2 Å². The Morgan fingerprint density at radius 1 is 1.00 bits per heavy atom. The molecule has 0 saturated carbocycles. The van der Waals surface area contributed by atoms with Gasteiger partial charge in [-0.25, -0.2) is 14.0 Å². The molecule has 4 nitrogen and oxygen atoms in total. The van der Waals surface area contributed by atoms with E-state index >= 15 is 0 Å². The number of hydrogen-bond acceptors (Lipinski definition) is 1. The molecule has 5 heteroatoms. The SMILES string of the molecule is CCC1CN1P(=O)(N(CC)CC)N1CC1CC. The maximum absolute atomic E-state index is 13.4. The second-order valence-corrected chi connectivity index (χ2v) is 7.64. The summed E-state index contributed by atoms with van der Waals surface area (Å²) in [6.07, 6.45) is 2.24. The Morgan fingerprint density at radius 3 is 1.65 bits per heavy atom. The highest BCUT2D eigenvalue weighted by molar-refractivity contribution is 7.57. The molecule has 2 fully saturated rings. The van der Waals surface area contributed by atoms with Crippen molar-refractivity contribution in [1.29, 1.82) is 0 Å². The van der Waals surface area contributed by atoms with Gasteiger partial charge in [0.15, 0.2) is 0 Å². The Labute approximate surface area is 105 Å². The molecule has 0 aromatic rings. The van der Waals surface area contributed by atoms with Crippen LogP contribution in [0.25, 0.3) is 0 Å². The molecule has 2 heterocycles. The van der Waals surface area contributed by atoms with Gasteiger partial charge in [-0.1, -0.05) is 27.7 Å². The van der Waals surface area contributed by atoms with Crippen molar-refractivity contribution in [1.82, 2.24) is 14.0 Å². The van der Waals surface area contributed by atoms with Gasteiger partial charge < -0.3 is 0 Å². The molecule has 4 unspecified atom stereocenters. The molecule has 0 radical (unpaired) electrons. The Morgan fingerprint density at radius 2 is 1.41 bits per heavy atom. The van der Waals surface area contributed by atoms with E-state index in [0.29, 0.717) is 12.1 Å². The summed E-state index contributed by atoms with van der Waals surface area (Å²) in [5, 5.41) is 0. The minimum Gasteiger partial charge on any atom is -0.270 e. The number of hydrogen-bond donors (Lipinski definition) is 0. The lowest BCUT2D eigenvalue weighted by Gasteiger charge is -2.32. The largest absolute Gasteiger partial charge is 0.287 e. The standard InChI is InChI=1S/C12H26N3OP/c1-5-11-9-14(11)17(16,13(7-3)8-4)15-10-12(15)6-2/h11-12H,5-10H2,1-4H3. The lowest BCUT2D eigenvalue weighted by molar-refractivity contribution is 0.377. The van der Waals surface area contributed by atoms with E-state index in [2.05, 4.69) is 41.7 Å². The quantitative estimate of drug-likeness (QED) is 0.518. The van der Waals surface area contributed by atoms with Crippen LogP contribution in [0.3, 0.4) is 0 Å². The molecule has 2 aliphatic rings. The van der Waals surface area contributed by atoms with Crippen molar-refractivity contribution in [2.45, 2.75) is 52.6 Å². The topological polar surface area (TPSA) is 26.3 Å². The molecule has 2 rings (SSSR count). The predicted molar refractivity (Wildman–Crippen MR) is 72.1 cm³/mol. The molecule has 0 amide bonds. The van der Waals surface area contributed by atoms with E-state index in [9.17, 15) is 4.57 Å². The zero-order valence-electron chi connectivity index (χ0n) is 11.6. The van der Waals surface area contributed by atoms with Crippen molar-refractivity contribution in [3.05, 3.63) is 0 Å². The molecule has 0 aliphatic carbocycles. The molecular formula is C12H26N3OP. The van der Waals surface area contributed by atoms with E-state index in [1.54, 1.807) is 0 Å². The molecule has 0 N–H and O–H groups in total. The Balaban J connectivity index is 2.15. The first-order valence-corrected chi connectivity index (χ1v) is 8.59. The maximum Gasteiger partial charge on any atom is 0.287 e. The third-order valence-corrected chi connectivity index (χ3v) is 7.70. The van der Waals surface area contributed by atoms with Crippen LogP contribution in [0.2, 0.25) is 0 Å². The number of rotatable bonds is 7. The predicted octanol–water partition coefficient (Wildman–Crippen LogP) is 2.62. The van der Waals surface area contributed by atoms with Gasteiger partial charge in [0.05, 0.1) is 0 Å². The highest BCUT2D eigenvalue weighted by atomic mass is 31.2. The average Bonchev–Trinajstić information content (AvgIpc) is 3.22. The fraction of sp³-hybridized carbons (Fsp3) is 1.00. The summed E-state index contributed by atoms with van der Waals surface area (Å²) in [5.41, 5.74) is 0. The van der Waals surface area contributed by atoms with Gasteiger partial charge in [-0.3, -0.25) is 4.57 Å². The van der Waals surface area contributed by atoms with Gasteiger partial charge in [-0.15, -0.1) is 0 Å². The van der Waals surface area contributed by atoms with E-state index in [1.807, 2.05) is 0 Å². The van der Waals surface area contributed by atoms with Crippen molar-refractivity contribution in [3.8, 4) is 0 Å². The maximum atomic E-state index is 13.4. The molecule has 2 saturated heterocycles. The van der Waals surface area contributed by atoms with Gasteiger partial charge in [0.2, 0.25) is 0 Å². The van der Waals surface area contributed by atoms with Gasteiger partial charge in [0.1, 0.15) is 0 Å². The van der Waals surface area contributed by atoms with E-state index in [1.165, 1.54) is 0 Å². The van der Waals surface area contributed by atoms with Crippen LogP contribution in [-0.4, -0.2) is 52.3 Å². The Kier molecular flexibility index (Phi) is 3.99. The summed E-state index contributed by atoms with van der Waals surface area (Å²) < 4.78 is 20.1. The minimum atomic E-state index is -2.40. The summed E-state index contributed by atoms with van der Waals surface area (Å²) >= 11 is 0. The van der Waals surface area contributed by atoms with E-state index in [4.69, 9.17) is 0 Å². The molecular weight excluding hydrogens is 233 g/mol. The smallest absolute Gasteiger partial charge is 0.270 e. The van der Waals surface area contributed by atoms with Gasteiger partial charge in [-0.2, -0.15) is 0 Å². The first-order chi connectivity index (χ1) is 8.13. The lowest BCUT2D eigenvalue weighted by Crippen LogP contribution is -2.28. The molecule has 2 aliphatic heterocycles. The van der Waals surface area contributed by atoms with Crippen molar-refractivity contribution >= 4 is 7.59 Å². The fourth-order valence-electron chi connectivity index (χ4n) is 2.72. The van der Waals surface area contributed by atoms with Gasteiger partial charge in [-0.05, 0) is 12.8 Å². The van der Waals surface area contributed by atoms with E-state index in [-0.39, 0.29) is 0 Å². The summed E-state index contributed by atoms with van der Waals surface area (Å²) in [6, 6.07) is 1.11. The van der Waals surface area contributed by atoms with Crippen molar-refractivity contribution in [3.63, 3.8) is 0 Å². The van der Waals surface area contributed by atoms with Gasteiger partial charge >= 0.3 is 0 Å². The van der Waals surface area contributed by atoms with Crippen LogP contribution in [0.4, 0.5) is 0 Å². The molecule has 100 valence electrons. The fourth-order valence-corrected chi connectivity index (χ4v) is 6.38. The van der Waals surface area contributed by atoms with Crippen molar-refractivity contribution < 1.29 is 4.57 Å². The monoisotopic (exact) mass is 259 g/mol. The molecule has 0 aromatic carbocycles. The van der Waals surface area contributed by atoms with Crippen LogP contribution in [0.15, 0.2) is 0 Å². The third kappa shape index (κ3) is 2.21. The highest BCUT2D eigenvalue weighted by Crippen LogP contribution is 2.66. The molecule has 0 aromatic heterocycles. The zero-order valence-corrected chi connectivity index (χ0v) is 12.5. The van der Waals surface area contributed by atoms with Crippen LogP contribution in [0.5, 0.6) is 0 Å². The van der Waals surface area contributed by atoms with Gasteiger partial charge in [0.25, 0.3) is 7.59 Å². The van der Waals surface area contributed by atoms with E-state index in [0.717, 1.165) is 39.0 Å². The summed E-state index contributed by atoms with van der Waals surface area (Å²) in [7, 11) is -2.40. The average molecular weight is 259 g/mol. The summed E-state index contributed by atoms with van der Waals surface area (Å²) in [4.78, 5) is 0. The van der Waals surface area contributed by atoms with Crippen LogP contribution >= 0.6 is 7.59 Å². The molecule has 17 heavy (non-hydrogen) atoms. The van der Waals surface area contributed by atoms with E-state index < -0.39 is 7.59 Å². The molecule has 4 atom stereocenters. The van der Waals surface area contributed by atoms with Crippen molar-refractivity contribution in [2.24, 2.45) is 0 Å². The first-order valence-electron chi connectivity index (χ1n) is 7.03.